The van der Waals surface area contributed by atoms with Gasteiger partial charge in [-0.1, -0.05) is 51.1 Å². The number of nitrogens with one attached hydrogen (secondary N) is 3. The normalized spacial score (nSPS) is 19.0. The van der Waals surface area contributed by atoms with E-state index in [1.165, 1.54) is 23.2 Å². The summed E-state index contributed by atoms with van der Waals surface area (Å²) in [5.41, 5.74) is 6.16. The summed E-state index contributed by atoms with van der Waals surface area (Å²) >= 11 is 1.57. The second-order valence-electron chi connectivity index (χ2n) is 20.7. The van der Waals surface area contributed by atoms with Crippen LogP contribution in [0.1, 0.15) is 73.0 Å². The highest BCUT2D eigenvalue weighted by atomic mass is 32.1. The molecule has 17 nitrogen and oxygen atoms in total. The van der Waals surface area contributed by atoms with Crippen molar-refractivity contribution in [1.29, 1.82) is 0 Å². The summed E-state index contributed by atoms with van der Waals surface area (Å²) in [5.74, 6) is -0.913. The molecule has 3 fully saturated rings. The largest absolute Gasteiger partial charge is 0.475 e. The molecular formula is C55H67F3N10O7S. The third-order valence-corrected chi connectivity index (χ3v) is 15.2. The summed E-state index contributed by atoms with van der Waals surface area (Å²) in [7, 11) is 0. The Kier molecular flexibility index (Phi) is 17.9. The monoisotopic (exact) mass is 1070 g/mol. The number of rotatable bonds is 18. The van der Waals surface area contributed by atoms with Crippen molar-refractivity contribution < 1.29 is 46.9 Å². The number of hydrogen-bond donors (Lipinski definition) is 4. The Bertz CT molecular complexity index is 2830. The van der Waals surface area contributed by atoms with Gasteiger partial charge in [0.05, 0.1) is 71.0 Å². The number of carbonyl (C=O) groups excluding carboxylic acids is 4. The van der Waals surface area contributed by atoms with Crippen molar-refractivity contribution in [2.45, 2.75) is 84.4 Å². The number of likely N-dealkylation sites (tertiary alicyclic amines) is 1. The number of carbonyl (C=O) groups is 4. The number of anilines is 2. The first-order chi connectivity index (χ1) is 36.3. The zero-order chi connectivity index (χ0) is 54.3. The SMILES string of the molecule is Cc1ncc(NC(=O)c2cccc(C(F)(F)F)c2)cc1-c1cnc(OCCN2CCN(C(C=O)CN[C@@H](C(=O)N3C[C@H](O)C[C@H]3C(=O)N[C@@H](C)c3ccc(-c4scnc4C)cc3)C(C)(C)C)CC2)c(N2CCOCC2)c1. The Morgan fingerprint density at radius 3 is 2.33 bits per heavy atom. The Morgan fingerprint density at radius 1 is 0.921 bits per heavy atom. The van der Waals surface area contributed by atoms with Crippen LogP contribution in [0.25, 0.3) is 21.6 Å². The van der Waals surface area contributed by atoms with Gasteiger partial charge in [0, 0.05) is 93.9 Å². The predicted molar refractivity (Wildman–Crippen MR) is 284 cm³/mol. The maximum Gasteiger partial charge on any atom is 0.416 e. The zero-order valence-corrected chi connectivity index (χ0v) is 44.5. The van der Waals surface area contributed by atoms with Crippen LogP contribution in [0.5, 0.6) is 5.88 Å². The van der Waals surface area contributed by atoms with Crippen LogP contribution in [0.4, 0.5) is 24.5 Å². The molecule has 8 rings (SSSR count). The number of aryl methyl sites for hydroxylation is 2. The molecule has 3 aromatic heterocycles. The molecule has 3 amide bonds. The molecular weight excluding hydrogens is 1000 g/mol. The molecule has 0 bridgehead atoms. The van der Waals surface area contributed by atoms with E-state index < -0.39 is 47.3 Å². The van der Waals surface area contributed by atoms with Crippen molar-refractivity contribution >= 4 is 46.7 Å². The quantitative estimate of drug-likeness (QED) is 0.0705. The second-order valence-corrected chi connectivity index (χ2v) is 21.5. The third-order valence-electron chi connectivity index (χ3n) is 14.3. The number of aliphatic hydroxyl groups is 1. The molecule has 3 aliphatic heterocycles. The van der Waals surface area contributed by atoms with Crippen LogP contribution in [0.15, 0.2) is 78.6 Å². The van der Waals surface area contributed by atoms with E-state index in [-0.39, 0.29) is 42.9 Å². The molecule has 0 aliphatic carbocycles. The lowest BCUT2D eigenvalue weighted by Crippen LogP contribution is -2.60. The number of alkyl halides is 3. The Balaban J connectivity index is 0.846. The van der Waals surface area contributed by atoms with Crippen LogP contribution >= 0.6 is 11.3 Å². The smallest absolute Gasteiger partial charge is 0.416 e. The number of benzene rings is 2. The number of pyridine rings is 2. The summed E-state index contributed by atoms with van der Waals surface area (Å²) < 4.78 is 52.1. The van der Waals surface area contributed by atoms with Gasteiger partial charge in [-0.3, -0.25) is 29.2 Å². The van der Waals surface area contributed by atoms with Gasteiger partial charge in [-0.15, -0.1) is 11.3 Å². The number of morpholine rings is 1. The summed E-state index contributed by atoms with van der Waals surface area (Å²) in [6.07, 6.45) is -1.30. The van der Waals surface area contributed by atoms with Crippen molar-refractivity contribution in [2.24, 2.45) is 5.41 Å². The van der Waals surface area contributed by atoms with E-state index in [2.05, 4.69) is 40.6 Å². The van der Waals surface area contributed by atoms with Crippen LogP contribution < -0.4 is 25.6 Å². The third kappa shape index (κ3) is 13.6. The fraction of sp³-hybridized carbons (Fsp3) is 0.473. The van der Waals surface area contributed by atoms with E-state index in [0.717, 1.165) is 45.8 Å². The first-order valence-electron chi connectivity index (χ1n) is 25.6. The van der Waals surface area contributed by atoms with E-state index in [1.54, 1.807) is 23.6 Å². The molecule has 0 radical (unpaired) electrons. The number of hydrogen-bond acceptors (Lipinski definition) is 15. The van der Waals surface area contributed by atoms with Crippen LogP contribution in [0.2, 0.25) is 0 Å². The molecule has 0 saturated carbocycles. The average molecular weight is 1070 g/mol. The van der Waals surface area contributed by atoms with E-state index in [4.69, 9.17) is 14.5 Å². The van der Waals surface area contributed by atoms with Gasteiger partial charge in [-0.2, -0.15) is 13.2 Å². The maximum atomic E-state index is 14.4. The number of aromatic nitrogens is 3. The molecule has 4 N–H and O–H groups in total. The number of aldehydes is 1. The van der Waals surface area contributed by atoms with Crippen molar-refractivity contribution in [1.82, 2.24) is 40.3 Å². The lowest BCUT2D eigenvalue weighted by molar-refractivity contribution is -0.142. The molecule has 5 atom stereocenters. The van der Waals surface area contributed by atoms with Crippen molar-refractivity contribution in [2.75, 3.05) is 88.9 Å². The Labute approximate surface area is 445 Å². The molecule has 1 unspecified atom stereocenters. The van der Waals surface area contributed by atoms with E-state index in [0.29, 0.717) is 94.0 Å². The number of thiazole rings is 1. The first kappa shape index (κ1) is 55.9. The molecule has 3 saturated heterocycles. The Morgan fingerprint density at radius 2 is 1.66 bits per heavy atom. The van der Waals surface area contributed by atoms with Crippen LogP contribution in [0, 0.1) is 19.3 Å². The molecule has 3 aliphatic rings. The number of β-amino-alcohol motifs (C(OH)–C–C–N with tert-alkyl or cyclic N) is 1. The van der Waals surface area contributed by atoms with Gasteiger partial charge >= 0.3 is 6.18 Å². The second kappa shape index (κ2) is 24.3. The minimum absolute atomic E-state index is 0.0225. The lowest BCUT2D eigenvalue weighted by Gasteiger charge is -2.39. The van der Waals surface area contributed by atoms with Gasteiger partial charge < -0.3 is 45.1 Å². The number of aliphatic hydroxyl groups excluding tert-OH is 1. The topological polar surface area (TPSA) is 195 Å². The van der Waals surface area contributed by atoms with E-state index in [9.17, 15) is 37.5 Å². The number of halogens is 3. The molecule has 5 aromatic rings. The van der Waals surface area contributed by atoms with Crippen LogP contribution in [-0.4, -0.2) is 162 Å². The highest BCUT2D eigenvalue weighted by molar-refractivity contribution is 7.13. The molecule has 2 aromatic carbocycles. The average Bonchev–Trinajstić information content (AvgIpc) is 4.03. The van der Waals surface area contributed by atoms with Gasteiger partial charge in [0.15, 0.2) is 0 Å². The van der Waals surface area contributed by atoms with E-state index >= 15 is 0 Å². The summed E-state index contributed by atoms with van der Waals surface area (Å²) in [6, 6.07) is 13.4. The van der Waals surface area contributed by atoms with Crippen molar-refractivity contribution in [3.8, 4) is 27.4 Å². The number of amides is 3. The molecule has 0 spiro atoms. The number of nitrogens with zero attached hydrogens (tertiary/aromatic N) is 7. The van der Waals surface area contributed by atoms with Crippen molar-refractivity contribution in [3.63, 3.8) is 0 Å². The standard InChI is InChI=1S/C55H67F3N10O7S/c1-34(37-10-12-38(13-11-37)48-36(3)62-33-76-48)63-51(72)46-27-44(70)31-68(46)53(73)49(54(4,5)6)60-30-43(32-69)66-16-14-65(15-17-66)18-23-75-52-47(67-19-21-74-22-20-67)25-40(28-61-52)45-26-42(29-59-35(45)2)64-50(71)39-8-7-9-41(24-39)55(56,57)58/h7-13,24-26,28-29,32-34,43-44,46,49,60,70H,14-23,27,30-31H2,1-6H3,(H,63,72)(H,64,71)/t34-,43?,44+,46-,49-/m0/s1. The van der Waals surface area contributed by atoms with Crippen molar-refractivity contribution in [3.05, 3.63) is 107 Å². The molecule has 76 heavy (non-hydrogen) atoms. The lowest BCUT2D eigenvalue weighted by atomic mass is 9.85. The predicted octanol–water partition coefficient (Wildman–Crippen LogP) is 6.40. The minimum Gasteiger partial charge on any atom is -0.475 e. The van der Waals surface area contributed by atoms with Gasteiger partial charge in [-0.25, -0.2) is 9.97 Å². The highest BCUT2D eigenvalue weighted by Gasteiger charge is 2.44. The highest BCUT2D eigenvalue weighted by Crippen LogP contribution is 2.35. The summed E-state index contributed by atoms with van der Waals surface area (Å²) in [6.45, 7) is 17.4. The first-order valence-corrected chi connectivity index (χ1v) is 26.5. The van der Waals surface area contributed by atoms with Gasteiger partial charge in [0.2, 0.25) is 17.7 Å². The zero-order valence-electron chi connectivity index (χ0n) is 43.7. The Hall–Kier alpha value is -6.36. The molecule has 21 heteroatoms. The summed E-state index contributed by atoms with van der Waals surface area (Å²) in [4.78, 5) is 76.6. The minimum atomic E-state index is -4.59. The molecule has 6 heterocycles. The number of ether oxygens (including phenoxy) is 2. The fourth-order valence-electron chi connectivity index (χ4n) is 9.89. The van der Waals surface area contributed by atoms with Gasteiger partial charge in [-0.05, 0) is 67.6 Å². The number of piperazine rings is 1. The van der Waals surface area contributed by atoms with E-state index in [1.807, 2.05) is 77.4 Å². The van der Waals surface area contributed by atoms with Gasteiger partial charge in [0.25, 0.3) is 5.91 Å². The summed E-state index contributed by atoms with van der Waals surface area (Å²) in [5, 5.41) is 19.9. The van der Waals surface area contributed by atoms with Crippen LogP contribution in [-0.2, 0) is 25.3 Å². The maximum absolute atomic E-state index is 14.4. The van der Waals surface area contributed by atoms with Crippen LogP contribution in [0.3, 0.4) is 0 Å². The van der Waals surface area contributed by atoms with Gasteiger partial charge in [0.1, 0.15) is 24.6 Å². The fourth-order valence-corrected chi connectivity index (χ4v) is 10.7. The molecule has 406 valence electrons.